The number of aromatic nitrogens is 2. The van der Waals surface area contributed by atoms with Gasteiger partial charge in [-0.15, -0.1) is 5.10 Å². The minimum Gasteiger partial charge on any atom is -0.389 e. The Bertz CT molecular complexity index is 443. The highest BCUT2D eigenvalue weighted by molar-refractivity contribution is 7.80. The molecule has 17 heavy (non-hydrogen) atoms. The summed E-state index contributed by atoms with van der Waals surface area (Å²) in [6.07, 6.45) is 0. The van der Waals surface area contributed by atoms with Gasteiger partial charge in [0.25, 0.3) is 0 Å². The predicted octanol–water partition coefficient (Wildman–Crippen LogP) is 0.564. The summed E-state index contributed by atoms with van der Waals surface area (Å²) in [5.74, 6) is 0.781. The summed E-state index contributed by atoms with van der Waals surface area (Å²) < 4.78 is 5.32. The molecule has 0 bridgehead atoms. The van der Waals surface area contributed by atoms with Crippen LogP contribution in [-0.2, 0) is 4.74 Å². The lowest BCUT2D eigenvalue weighted by molar-refractivity contribution is 0.122. The maximum absolute atomic E-state index is 5.80. The summed E-state index contributed by atoms with van der Waals surface area (Å²) in [5, 5.41) is 8.39. The van der Waals surface area contributed by atoms with Crippen molar-refractivity contribution in [1.29, 1.82) is 0 Å². The van der Waals surface area contributed by atoms with Crippen molar-refractivity contribution in [1.82, 2.24) is 10.2 Å². The average Bonchev–Trinajstić information content (AvgIpc) is 2.33. The highest BCUT2D eigenvalue weighted by atomic mass is 32.1. The maximum Gasteiger partial charge on any atom is 0.161 e. The van der Waals surface area contributed by atoms with Crippen LogP contribution in [0.2, 0.25) is 0 Å². The van der Waals surface area contributed by atoms with Crippen molar-refractivity contribution < 1.29 is 4.74 Å². The smallest absolute Gasteiger partial charge is 0.161 e. The van der Waals surface area contributed by atoms with Crippen LogP contribution in [0.25, 0.3) is 0 Å². The number of nitrogens with zero attached hydrogens (tertiary/aromatic N) is 3. The molecule has 1 aromatic heterocycles. The number of thiocarbonyl (C=S) groups is 1. The zero-order valence-corrected chi connectivity index (χ0v) is 10.9. The van der Waals surface area contributed by atoms with E-state index >= 15 is 0 Å². The molecule has 0 saturated carbocycles. The fourth-order valence-electron chi connectivity index (χ4n) is 1.89. The first-order valence-corrected chi connectivity index (χ1v) is 5.98. The summed E-state index contributed by atoms with van der Waals surface area (Å²) in [6.45, 7) is 6.88. The summed E-state index contributed by atoms with van der Waals surface area (Å²) in [4.78, 5) is 2.50. The number of hydrogen-bond donors (Lipinski definition) is 1. The van der Waals surface area contributed by atoms with E-state index in [1.807, 2.05) is 13.8 Å². The van der Waals surface area contributed by atoms with Crippen molar-refractivity contribution in [3.05, 3.63) is 16.8 Å². The molecule has 0 unspecified atom stereocenters. The van der Waals surface area contributed by atoms with Crippen LogP contribution in [0.3, 0.4) is 0 Å². The Balaban J connectivity index is 2.45. The molecule has 1 fully saturated rings. The molecule has 0 atom stereocenters. The lowest BCUT2D eigenvalue weighted by atomic mass is 10.1. The van der Waals surface area contributed by atoms with Crippen LogP contribution in [-0.4, -0.2) is 41.5 Å². The molecular weight excluding hydrogens is 236 g/mol. The van der Waals surface area contributed by atoms with Crippen molar-refractivity contribution in [2.45, 2.75) is 13.8 Å². The van der Waals surface area contributed by atoms with E-state index in [0.29, 0.717) is 18.2 Å². The summed E-state index contributed by atoms with van der Waals surface area (Å²) in [5.41, 5.74) is 8.51. The second-order valence-electron chi connectivity index (χ2n) is 4.07. The molecule has 6 heteroatoms. The minimum absolute atomic E-state index is 0.377. The molecule has 0 aromatic carbocycles. The Morgan fingerprint density at radius 1 is 1.29 bits per heavy atom. The van der Waals surface area contributed by atoms with E-state index in [4.69, 9.17) is 22.7 Å². The molecule has 2 heterocycles. The summed E-state index contributed by atoms with van der Waals surface area (Å²) in [6, 6.07) is 0. The lowest BCUT2D eigenvalue weighted by Crippen LogP contribution is -2.38. The molecule has 1 aliphatic heterocycles. The van der Waals surface area contributed by atoms with Gasteiger partial charge in [-0.1, -0.05) is 12.2 Å². The Morgan fingerprint density at radius 2 is 1.94 bits per heavy atom. The van der Waals surface area contributed by atoms with Crippen molar-refractivity contribution >= 4 is 23.0 Å². The Labute approximate surface area is 106 Å². The summed E-state index contributed by atoms with van der Waals surface area (Å²) in [7, 11) is 0. The first-order chi connectivity index (χ1) is 8.11. The van der Waals surface area contributed by atoms with Gasteiger partial charge in [0.2, 0.25) is 0 Å². The molecule has 1 aromatic rings. The minimum atomic E-state index is 0.377. The monoisotopic (exact) mass is 252 g/mol. The van der Waals surface area contributed by atoms with Gasteiger partial charge < -0.3 is 15.4 Å². The summed E-state index contributed by atoms with van der Waals surface area (Å²) >= 11 is 5.12. The third kappa shape index (κ3) is 2.37. The molecule has 0 amide bonds. The van der Waals surface area contributed by atoms with Gasteiger partial charge in [-0.3, -0.25) is 0 Å². The molecule has 1 saturated heterocycles. The molecular formula is C11H16N4OS. The standard InChI is InChI=1S/C11H16N4OS/c1-7-8(2)13-14-11(9(7)10(12)17)15-3-5-16-6-4-15/h3-6H2,1-2H3,(H2,12,17). The molecule has 2 rings (SSSR count). The van der Waals surface area contributed by atoms with Gasteiger partial charge in [-0.25, -0.2) is 0 Å². The van der Waals surface area contributed by atoms with Crippen LogP contribution in [0.1, 0.15) is 16.8 Å². The molecule has 0 radical (unpaired) electrons. The average molecular weight is 252 g/mol. The van der Waals surface area contributed by atoms with E-state index in [0.717, 1.165) is 35.7 Å². The number of rotatable bonds is 2. The van der Waals surface area contributed by atoms with Crippen LogP contribution in [0, 0.1) is 13.8 Å². The van der Waals surface area contributed by atoms with E-state index in [9.17, 15) is 0 Å². The quantitative estimate of drug-likeness (QED) is 0.776. The molecule has 0 aliphatic carbocycles. The van der Waals surface area contributed by atoms with Crippen molar-refractivity contribution in [3.8, 4) is 0 Å². The Hall–Kier alpha value is -1.27. The maximum atomic E-state index is 5.80. The Kier molecular flexibility index (Phi) is 3.54. The number of ether oxygens (including phenoxy) is 1. The van der Waals surface area contributed by atoms with Gasteiger partial charge in [0, 0.05) is 13.1 Å². The lowest BCUT2D eigenvalue weighted by Gasteiger charge is -2.29. The molecule has 1 aliphatic rings. The van der Waals surface area contributed by atoms with Crippen molar-refractivity contribution in [3.63, 3.8) is 0 Å². The molecule has 5 nitrogen and oxygen atoms in total. The first kappa shape index (κ1) is 12.2. The third-order valence-electron chi connectivity index (χ3n) is 2.99. The van der Waals surface area contributed by atoms with Crippen LogP contribution < -0.4 is 10.6 Å². The number of nitrogens with two attached hydrogens (primary N) is 1. The number of hydrogen-bond acceptors (Lipinski definition) is 5. The SMILES string of the molecule is Cc1nnc(N2CCOCC2)c(C(N)=S)c1C. The zero-order chi connectivity index (χ0) is 12.4. The van der Waals surface area contributed by atoms with Gasteiger partial charge in [0.15, 0.2) is 5.82 Å². The van der Waals surface area contributed by atoms with Crippen LogP contribution in [0.5, 0.6) is 0 Å². The topological polar surface area (TPSA) is 64.3 Å². The van der Waals surface area contributed by atoms with Crippen LogP contribution in [0.4, 0.5) is 5.82 Å². The normalized spacial score (nSPS) is 16.0. The molecule has 0 spiro atoms. The van der Waals surface area contributed by atoms with Crippen molar-refractivity contribution in [2.24, 2.45) is 5.73 Å². The zero-order valence-electron chi connectivity index (χ0n) is 10.1. The fourth-order valence-corrected chi connectivity index (χ4v) is 2.13. The van der Waals surface area contributed by atoms with E-state index < -0.39 is 0 Å². The van der Waals surface area contributed by atoms with Gasteiger partial charge >= 0.3 is 0 Å². The van der Waals surface area contributed by atoms with E-state index in [2.05, 4.69) is 15.1 Å². The Morgan fingerprint density at radius 3 is 2.53 bits per heavy atom. The second kappa shape index (κ2) is 4.93. The van der Waals surface area contributed by atoms with E-state index in [1.54, 1.807) is 0 Å². The first-order valence-electron chi connectivity index (χ1n) is 5.57. The van der Waals surface area contributed by atoms with Gasteiger partial charge in [-0.2, -0.15) is 5.10 Å². The number of aryl methyl sites for hydroxylation is 1. The van der Waals surface area contributed by atoms with E-state index in [1.165, 1.54) is 0 Å². The second-order valence-corrected chi connectivity index (χ2v) is 4.51. The van der Waals surface area contributed by atoms with Crippen molar-refractivity contribution in [2.75, 3.05) is 31.2 Å². The third-order valence-corrected chi connectivity index (χ3v) is 3.20. The van der Waals surface area contributed by atoms with Gasteiger partial charge in [0.05, 0.1) is 24.5 Å². The van der Waals surface area contributed by atoms with Crippen LogP contribution >= 0.6 is 12.2 Å². The van der Waals surface area contributed by atoms with E-state index in [-0.39, 0.29) is 0 Å². The van der Waals surface area contributed by atoms with Gasteiger partial charge in [0.1, 0.15) is 4.99 Å². The largest absolute Gasteiger partial charge is 0.389 e. The number of anilines is 1. The molecule has 92 valence electrons. The predicted molar refractivity (Wildman–Crippen MR) is 70.4 cm³/mol. The highest BCUT2D eigenvalue weighted by Gasteiger charge is 2.20. The van der Waals surface area contributed by atoms with Crippen LogP contribution in [0.15, 0.2) is 0 Å². The number of morpholine rings is 1. The molecule has 2 N–H and O–H groups in total. The fraction of sp³-hybridized carbons (Fsp3) is 0.545. The van der Waals surface area contributed by atoms with Gasteiger partial charge in [-0.05, 0) is 19.4 Å². The highest BCUT2D eigenvalue weighted by Crippen LogP contribution is 2.22.